The van der Waals surface area contributed by atoms with Crippen LogP contribution in [-0.2, 0) is 11.2 Å². The Balaban J connectivity index is 1.74. The fourth-order valence-corrected chi connectivity index (χ4v) is 3.89. The van der Waals surface area contributed by atoms with Gasteiger partial charge in [-0.15, -0.1) is 0 Å². The van der Waals surface area contributed by atoms with E-state index in [0.29, 0.717) is 11.8 Å². The number of fused-ring (bicyclic) bond motifs is 1. The van der Waals surface area contributed by atoms with E-state index >= 15 is 0 Å². The van der Waals surface area contributed by atoms with Crippen LogP contribution in [0.1, 0.15) is 31.7 Å². The van der Waals surface area contributed by atoms with Gasteiger partial charge in [0.25, 0.3) is 0 Å². The van der Waals surface area contributed by atoms with E-state index in [4.69, 9.17) is 4.74 Å². The zero-order valence-corrected chi connectivity index (χ0v) is 13.5. The Morgan fingerprint density at radius 1 is 1.23 bits per heavy atom. The van der Waals surface area contributed by atoms with Gasteiger partial charge in [-0.1, -0.05) is 6.92 Å². The molecule has 0 saturated carbocycles. The number of benzene rings is 1. The Hall–Kier alpha value is -1.55. The van der Waals surface area contributed by atoms with Crippen molar-refractivity contribution in [2.45, 2.75) is 32.6 Å². The van der Waals surface area contributed by atoms with Crippen LogP contribution < -0.4 is 15.4 Å². The highest BCUT2D eigenvalue weighted by Crippen LogP contribution is 2.35. The lowest BCUT2D eigenvalue weighted by Gasteiger charge is -2.32. The molecule has 2 aliphatic rings. The number of ether oxygens (including phenoxy) is 1. The molecule has 0 spiro atoms. The quantitative estimate of drug-likeness (QED) is 0.902. The van der Waals surface area contributed by atoms with Gasteiger partial charge < -0.3 is 15.4 Å². The molecule has 120 valence electrons. The highest BCUT2D eigenvalue weighted by Gasteiger charge is 2.33. The van der Waals surface area contributed by atoms with Crippen molar-refractivity contribution in [1.29, 1.82) is 0 Å². The van der Waals surface area contributed by atoms with Gasteiger partial charge in [0.15, 0.2) is 0 Å². The third kappa shape index (κ3) is 3.12. The first-order valence-corrected chi connectivity index (χ1v) is 8.37. The normalized spacial score (nSPS) is 24.1. The lowest BCUT2D eigenvalue weighted by Crippen LogP contribution is -2.37. The average Bonchev–Trinajstić information content (AvgIpc) is 2.72. The first kappa shape index (κ1) is 15.3. The van der Waals surface area contributed by atoms with Gasteiger partial charge in [-0.3, -0.25) is 4.79 Å². The van der Waals surface area contributed by atoms with E-state index in [0.717, 1.165) is 37.4 Å². The second-order valence-corrected chi connectivity index (χ2v) is 6.60. The predicted octanol–water partition coefficient (Wildman–Crippen LogP) is 2.83. The monoisotopic (exact) mass is 302 g/mol. The molecule has 3 rings (SSSR count). The molecule has 1 aromatic rings. The first-order chi connectivity index (χ1) is 10.7. The van der Waals surface area contributed by atoms with Crippen LogP contribution in [0.25, 0.3) is 0 Å². The first-order valence-electron chi connectivity index (χ1n) is 8.37. The summed E-state index contributed by atoms with van der Waals surface area (Å²) in [6, 6.07) is 5.92. The molecule has 2 aliphatic heterocycles. The Morgan fingerprint density at radius 2 is 2.00 bits per heavy atom. The van der Waals surface area contributed by atoms with E-state index in [-0.39, 0.29) is 11.8 Å². The minimum absolute atomic E-state index is 0.112. The van der Waals surface area contributed by atoms with E-state index in [1.54, 1.807) is 7.11 Å². The van der Waals surface area contributed by atoms with Crippen LogP contribution in [0.2, 0.25) is 0 Å². The Labute approximate surface area is 132 Å². The smallest absolute Gasteiger partial charge is 0.227 e. The summed E-state index contributed by atoms with van der Waals surface area (Å²) in [5.74, 6) is 2.26. The number of carbonyl (C=O) groups is 1. The van der Waals surface area contributed by atoms with E-state index in [1.807, 2.05) is 18.2 Å². The molecule has 0 bridgehead atoms. The summed E-state index contributed by atoms with van der Waals surface area (Å²) >= 11 is 0. The highest BCUT2D eigenvalue weighted by atomic mass is 16.5. The molecular weight excluding hydrogens is 276 g/mol. The molecule has 4 nitrogen and oxygen atoms in total. The Morgan fingerprint density at radius 3 is 2.73 bits per heavy atom. The number of carbonyl (C=O) groups excluding carboxylic acids is 1. The zero-order valence-electron chi connectivity index (χ0n) is 13.5. The van der Waals surface area contributed by atoms with Gasteiger partial charge in [0, 0.05) is 11.6 Å². The number of nitrogens with one attached hydrogen (secondary N) is 2. The number of rotatable bonds is 3. The van der Waals surface area contributed by atoms with Crippen LogP contribution in [0, 0.1) is 17.8 Å². The van der Waals surface area contributed by atoms with Crippen molar-refractivity contribution < 1.29 is 9.53 Å². The minimum Gasteiger partial charge on any atom is -0.497 e. The fraction of sp³-hybridized carbons (Fsp3) is 0.611. The van der Waals surface area contributed by atoms with Crippen molar-refractivity contribution >= 4 is 11.6 Å². The van der Waals surface area contributed by atoms with Crippen LogP contribution in [-0.4, -0.2) is 26.1 Å². The molecule has 1 amide bonds. The molecule has 2 N–H and O–H groups in total. The maximum Gasteiger partial charge on any atom is 0.227 e. The number of amides is 1. The highest BCUT2D eigenvalue weighted by molar-refractivity contribution is 5.94. The molecule has 1 aromatic carbocycles. The van der Waals surface area contributed by atoms with Crippen molar-refractivity contribution in [3.05, 3.63) is 23.8 Å². The van der Waals surface area contributed by atoms with E-state index in [2.05, 4.69) is 17.6 Å². The van der Waals surface area contributed by atoms with Crippen LogP contribution in [0.15, 0.2) is 18.2 Å². The lowest BCUT2D eigenvalue weighted by atomic mass is 9.76. The van der Waals surface area contributed by atoms with Crippen molar-refractivity contribution in [1.82, 2.24) is 5.32 Å². The molecule has 1 saturated heterocycles. The second kappa shape index (κ2) is 6.69. The number of aryl methyl sites for hydroxylation is 1. The number of methoxy groups -OCH3 is 1. The summed E-state index contributed by atoms with van der Waals surface area (Å²) in [6.45, 7) is 4.43. The fourth-order valence-electron chi connectivity index (χ4n) is 3.89. The van der Waals surface area contributed by atoms with Gasteiger partial charge in [0.05, 0.1) is 7.11 Å². The Kier molecular flexibility index (Phi) is 4.67. The number of piperidine rings is 1. The van der Waals surface area contributed by atoms with Crippen LogP contribution in [0.5, 0.6) is 5.75 Å². The van der Waals surface area contributed by atoms with Crippen LogP contribution in [0.4, 0.5) is 5.69 Å². The lowest BCUT2D eigenvalue weighted by molar-refractivity contribution is -0.122. The van der Waals surface area contributed by atoms with Crippen molar-refractivity contribution in [3.63, 3.8) is 0 Å². The molecule has 0 aliphatic carbocycles. The van der Waals surface area contributed by atoms with Crippen molar-refractivity contribution in [2.24, 2.45) is 17.8 Å². The van der Waals surface area contributed by atoms with Crippen LogP contribution >= 0.6 is 0 Å². The van der Waals surface area contributed by atoms with E-state index in [1.165, 1.54) is 18.4 Å². The van der Waals surface area contributed by atoms with Gasteiger partial charge in [0.2, 0.25) is 5.91 Å². The molecule has 2 heterocycles. The van der Waals surface area contributed by atoms with Gasteiger partial charge >= 0.3 is 0 Å². The van der Waals surface area contributed by atoms with Gasteiger partial charge in [-0.2, -0.15) is 0 Å². The molecule has 2 unspecified atom stereocenters. The van der Waals surface area contributed by atoms with E-state index < -0.39 is 0 Å². The van der Waals surface area contributed by atoms with Crippen LogP contribution in [0.3, 0.4) is 0 Å². The SMILES string of the molecule is COc1ccc2c(c1)CCC(C(C)C1CCNCC1)C(=O)N2. The van der Waals surface area contributed by atoms with Gasteiger partial charge in [-0.05, 0) is 74.4 Å². The summed E-state index contributed by atoms with van der Waals surface area (Å²) in [7, 11) is 1.68. The number of anilines is 1. The summed E-state index contributed by atoms with van der Waals surface area (Å²) in [5, 5.41) is 6.54. The Bertz CT molecular complexity index is 538. The number of hydrogen-bond acceptors (Lipinski definition) is 3. The maximum atomic E-state index is 12.7. The van der Waals surface area contributed by atoms with Gasteiger partial charge in [0.1, 0.15) is 5.75 Å². The molecule has 1 fully saturated rings. The summed E-state index contributed by atoms with van der Waals surface area (Å²) in [5.41, 5.74) is 2.14. The molecule has 4 heteroatoms. The molecule has 0 radical (unpaired) electrons. The molecular formula is C18H26N2O2. The van der Waals surface area contributed by atoms with Crippen molar-refractivity contribution in [2.75, 3.05) is 25.5 Å². The second-order valence-electron chi connectivity index (χ2n) is 6.60. The van der Waals surface area contributed by atoms with Crippen molar-refractivity contribution in [3.8, 4) is 5.75 Å². The van der Waals surface area contributed by atoms with E-state index in [9.17, 15) is 4.79 Å². The molecule has 2 atom stereocenters. The molecule has 0 aromatic heterocycles. The largest absolute Gasteiger partial charge is 0.497 e. The molecule has 22 heavy (non-hydrogen) atoms. The summed E-state index contributed by atoms with van der Waals surface area (Å²) in [4.78, 5) is 12.7. The number of hydrogen-bond donors (Lipinski definition) is 2. The summed E-state index contributed by atoms with van der Waals surface area (Å²) < 4.78 is 5.30. The zero-order chi connectivity index (χ0) is 15.5. The third-order valence-corrected chi connectivity index (χ3v) is 5.39. The average molecular weight is 302 g/mol. The summed E-state index contributed by atoms with van der Waals surface area (Å²) in [6.07, 6.45) is 4.24. The maximum absolute atomic E-state index is 12.7. The topological polar surface area (TPSA) is 50.4 Å². The standard InChI is InChI=1S/C18H26N2O2/c1-12(13-7-9-19-10-8-13)16-5-3-14-11-15(22-2)4-6-17(14)20-18(16)21/h4,6,11-13,16,19H,3,5,7-10H2,1-2H3,(H,20,21). The third-order valence-electron chi connectivity index (χ3n) is 5.39. The van der Waals surface area contributed by atoms with Gasteiger partial charge in [-0.25, -0.2) is 0 Å². The minimum atomic E-state index is 0.112. The predicted molar refractivity (Wildman–Crippen MR) is 88.2 cm³/mol.